The van der Waals surface area contributed by atoms with Gasteiger partial charge in [-0.25, -0.2) is 8.42 Å². The minimum atomic E-state index is -3.89. The van der Waals surface area contributed by atoms with E-state index in [1.54, 1.807) is 24.3 Å². The highest BCUT2D eigenvalue weighted by atomic mass is 79.9. The van der Waals surface area contributed by atoms with Crippen LogP contribution in [0.1, 0.15) is 46.3 Å². The van der Waals surface area contributed by atoms with E-state index in [0.717, 1.165) is 32.3 Å². The fraction of sp³-hybridized carbons (Fsp3) is 0.296. The second kappa shape index (κ2) is 10.8. The first-order valence-electron chi connectivity index (χ1n) is 11.2. The minimum Gasteiger partial charge on any atom is -0.348 e. The number of aryl methyl sites for hydroxylation is 4. The lowest BCUT2D eigenvalue weighted by atomic mass is 9.96. The molecule has 0 radical (unpaired) electrons. The Balaban J connectivity index is 1.85. The van der Waals surface area contributed by atoms with E-state index < -0.39 is 10.0 Å². The molecule has 0 aliphatic rings. The van der Waals surface area contributed by atoms with Crippen molar-refractivity contribution in [3.05, 3.63) is 98.5 Å². The molecule has 0 bridgehead atoms. The molecular formula is C27H31BrN2O3S. The van der Waals surface area contributed by atoms with Crippen molar-refractivity contribution in [2.75, 3.05) is 6.54 Å². The van der Waals surface area contributed by atoms with Gasteiger partial charge in [-0.05, 0) is 86.7 Å². The molecule has 3 aromatic carbocycles. The van der Waals surface area contributed by atoms with E-state index in [0.29, 0.717) is 0 Å². The molecule has 7 heteroatoms. The predicted molar refractivity (Wildman–Crippen MR) is 140 cm³/mol. The normalized spacial score (nSPS) is 12.6. The lowest BCUT2D eigenvalue weighted by molar-refractivity contribution is -0.122. The Hall–Kier alpha value is -2.48. The molecule has 1 amide bonds. The summed E-state index contributed by atoms with van der Waals surface area (Å²) in [5.41, 5.74) is 6.37. The van der Waals surface area contributed by atoms with Gasteiger partial charge in [-0.2, -0.15) is 4.31 Å². The molecule has 0 heterocycles. The van der Waals surface area contributed by atoms with Crippen molar-refractivity contribution in [2.24, 2.45) is 0 Å². The number of nitrogens with one attached hydrogen (secondary N) is 1. The van der Waals surface area contributed by atoms with Crippen LogP contribution in [0.3, 0.4) is 0 Å². The Labute approximate surface area is 211 Å². The van der Waals surface area contributed by atoms with Crippen LogP contribution in [0.15, 0.2) is 70.0 Å². The molecule has 0 aliphatic carbocycles. The maximum absolute atomic E-state index is 13.5. The van der Waals surface area contributed by atoms with Crippen molar-refractivity contribution in [3.63, 3.8) is 0 Å². The standard InChI is InChI=1S/C27H31BrN2O3S/c1-18-6-8-23(9-7-18)16-30(34(32,33)25-12-10-24(28)11-13-25)17-27(31)29-22(5)26-15-20(3)19(2)14-21(26)4/h6-15,22H,16-17H2,1-5H3,(H,29,31)/t22-/m1/s1. The SMILES string of the molecule is Cc1ccc(CN(CC(=O)N[C@H](C)c2cc(C)c(C)cc2C)S(=O)(=O)c2ccc(Br)cc2)cc1. The zero-order valence-electron chi connectivity index (χ0n) is 20.2. The van der Waals surface area contributed by atoms with E-state index in [4.69, 9.17) is 0 Å². The largest absolute Gasteiger partial charge is 0.348 e. The van der Waals surface area contributed by atoms with Gasteiger partial charge in [0.25, 0.3) is 0 Å². The van der Waals surface area contributed by atoms with Crippen LogP contribution in [-0.2, 0) is 21.4 Å². The van der Waals surface area contributed by atoms with Gasteiger partial charge < -0.3 is 5.32 Å². The van der Waals surface area contributed by atoms with Gasteiger partial charge in [-0.1, -0.05) is 57.9 Å². The number of amides is 1. The summed E-state index contributed by atoms with van der Waals surface area (Å²) in [6, 6.07) is 18.0. The molecule has 0 saturated carbocycles. The van der Waals surface area contributed by atoms with Crippen LogP contribution in [0.4, 0.5) is 0 Å². The quantitative estimate of drug-likeness (QED) is 0.394. The van der Waals surface area contributed by atoms with Crippen LogP contribution in [0.5, 0.6) is 0 Å². The molecule has 5 nitrogen and oxygen atoms in total. The smallest absolute Gasteiger partial charge is 0.243 e. The first-order valence-corrected chi connectivity index (χ1v) is 13.4. The third-order valence-corrected chi connectivity index (χ3v) is 8.31. The Bertz CT molecular complexity index is 1270. The zero-order valence-corrected chi connectivity index (χ0v) is 22.6. The van der Waals surface area contributed by atoms with Gasteiger partial charge in [0.15, 0.2) is 0 Å². The fourth-order valence-corrected chi connectivity index (χ4v) is 5.50. The molecule has 0 spiro atoms. The topological polar surface area (TPSA) is 66.5 Å². The van der Waals surface area contributed by atoms with Gasteiger partial charge >= 0.3 is 0 Å². The van der Waals surface area contributed by atoms with Crippen molar-refractivity contribution in [1.29, 1.82) is 0 Å². The number of hydrogen-bond acceptors (Lipinski definition) is 3. The van der Waals surface area contributed by atoms with Crippen LogP contribution in [0.2, 0.25) is 0 Å². The highest BCUT2D eigenvalue weighted by Crippen LogP contribution is 2.23. The van der Waals surface area contributed by atoms with Crippen molar-refractivity contribution in [2.45, 2.75) is 52.1 Å². The first-order chi connectivity index (χ1) is 16.0. The van der Waals surface area contributed by atoms with E-state index in [-0.39, 0.29) is 29.9 Å². The fourth-order valence-electron chi connectivity index (χ4n) is 3.85. The van der Waals surface area contributed by atoms with Gasteiger partial charge in [0.1, 0.15) is 0 Å². The summed E-state index contributed by atoms with van der Waals surface area (Å²) in [5.74, 6) is -0.349. The van der Waals surface area contributed by atoms with Gasteiger partial charge in [0.2, 0.25) is 15.9 Å². The molecule has 34 heavy (non-hydrogen) atoms. The predicted octanol–water partition coefficient (Wildman–Crippen LogP) is 5.75. The van der Waals surface area contributed by atoms with E-state index in [9.17, 15) is 13.2 Å². The summed E-state index contributed by atoms with van der Waals surface area (Å²) in [4.78, 5) is 13.2. The Morgan fingerprint density at radius 2 is 1.50 bits per heavy atom. The third-order valence-electron chi connectivity index (χ3n) is 5.98. The van der Waals surface area contributed by atoms with Crippen molar-refractivity contribution in [3.8, 4) is 0 Å². The summed E-state index contributed by atoms with van der Waals surface area (Å²) >= 11 is 3.34. The molecule has 1 N–H and O–H groups in total. The van der Waals surface area contributed by atoms with Crippen LogP contribution in [-0.4, -0.2) is 25.2 Å². The lowest BCUT2D eigenvalue weighted by Crippen LogP contribution is -2.41. The van der Waals surface area contributed by atoms with Gasteiger partial charge in [0, 0.05) is 11.0 Å². The molecule has 1 atom stereocenters. The molecule has 0 fully saturated rings. The molecule has 3 rings (SSSR count). The van der Waals surface area contributed by atoms with Crippen LogP contribution < -0.4 is 5.32 Å². The van der Waals surface area contributed by atoms with Crippen molar-refractivity contribution >= 4 is 31.9 Å². The zero-order chi connectivity index (χ0) is 25.0. The summed E-state index contributed by atoms with van der Waals surface area (Å²) in [6.45, 7) is 9.84. The number of nitrogens with zero attached hydrogens (tertiary/aromatic N) is 1. The van der Waals surface area contributed by atoms with Gasteiger partial charge in [-0.15, -0.1) is 0 Å². The number of halogens is 1. The Morgan fingerprint density at radius 1 is 0.912 bits per heavy atom. The number of carbonyl (C=O) groups is 1. The highest BCUT2D eigenvalue weighted by Gasteiger charge is 2.27. The maximum Gasteiger partial charge on any atom is 0.243 e. The molecule has 0 unspecified atom stereocenters. The molecule has 180 valence electrons. The lowest BCUT2D eigenvalue weighted by Gasteiger charge is -2.24. The number of hydrogen-bond donors (Lipinski definition) is 1. The average Bonchev–Trinajstić information content (AvgIpc) is 2.77. The molecule has 0 aliphatic heterocycles. The monoisotopic (exact) mass is 542 g/mol. The van der Waals surface area contributed by atoms with Gasteiger partial charge in [-0.3, -0.25) is 4.79 Å². The summed E-state index contributed by atoms with van der Waals surface area (Å²) in [7, 11) is -3.89. The van der Waals surface area contributed by atoms with E-state index in [1.807, 2.05) is 52.0 Å². The molecule has 0 aromatic heterocycles. The van der Waals surface area contributed by atoms with Crippen LogP contribution in [0.25, 0.3) is 0 Å². The Morgan fingerprint density at radius 3 is 2.12 bits per heavy atom. The van der Waals surface area contributed by atoms with E-state index in [1.165, 1.54) is 9.87 Å². The average molecular weight is 544 g/mol. The number of benzene rings is 3. The van der Waals surface area contributed by atoms with Crippen LogP contribution >= 0.6 is 15.9 Å². The molecule has 0 saturated heterocycles. The second-order valence-corrected chi connectivity index (χ2v) is 11.6. The summed E-state index contributed by atoms with van der Waals surface area (Å²) < 4.78 is 29.0. The van der Waals surface area contributed by atoms with Crippen molar-refractivity contribution < 1.29 is 13.2 Å². The second-order valence-electron chi connectivity index (χ2n) is 8.79. The molecular weight excluding hydrogens is 512 g/mol. The molecule has 3 aromatic rings. The summed E-state index contributed by atoms with van der Waals surface area (Å²) in [6.07, 6.45) is 0. The summed E-state index contributed by atoms with van der Waals surface area (Å²) in [5, 5.41) is 2.99. The third kappa shape index (κ3) is 6.34. The number of sulfonamides is 1. The van der Waals surface area contributed by atoms with Crippen LogP contribution in [0, 0.1) is 27.7 Å². The minimum absolute atomic E-state index is 0.100. The maximum atomic E-state index is 13.5. The number of carbonyl (C=O) groups excluding carboxylic acids is 1. The number of rotatable bonds is 8. The van der Waals surface area contributed by atoms with Crippen molar-refractivity contribution in [1.82, 2.24) is 9.62 Å². The van der Waals surface area contributed by atoms with Gasteiger partial charge in [0.05, 0.1) is 17.5 Å². The first kappa shape index (κ1) is 26.1. The Kier molecular flexibility index (Phi) is 8.34. The van der Waals surface area contributed by atoms with E-state index >= 15 is 0 Å². The van der Waals surface area contributed by atoms with E-state index in [2.05, 4.69) is 40.3 Å². The highest BCUT2D eigenvalue weighted by molar-refractivity contribution is 9.10.